The van der Waals surface area contributed by atoms with Gasteiger partial charge in [-0.25, -0.2) is 0 Å². The van der Waals surface area contributed by atoms with Gasteiger partial charge in [0.25, 0.3) is 0 Å². The first kappa shape index (κ1) is 19.3. The minimum atomic E-state index is -0.774. The Labute approximate surface area is 159 Å². The van der Waals surface area contributed by atoms with Crippen molar-refractivity contribution in [3.05, 3.63) is 78.1 Å². The maximum Gasteiger partial charge on any atom is 0.303 e. The molecule has 3 rings (SSSR count). The van der Waals surface area contributed by atoms with Crippen molar-refractivity contribution in [2.75, 3.05) is 6.61 Å². The molecule has 0 amide bonds. The fraction of sp³-hybridized carbons (Fsp3) is 0.364. The average molecular weight is 367 g/mol. The number of carboxylic acid groups (broad SMARTS) is 1. The van der Waals surface area contributed by atoms with E-state index < -0.39 is 5.97 Å². The van der Waals surface area contributed by atoms with Crippen molar-refractivity contribution in [2.45, 2.75) is 38.1 Å². The fourth-order valence-electron chi connectivity index (χ4n) is 3.23. The summed E-state index contributed by atoms with van der Waals surface area (Å²) in [6.07, 6.45) is 9.37. The molecule has 0 aliphatic carbocycles. The topological polar surface area (TPSA) is 68.7 Å². The predicted molar refractivity (Wildman–Crippen MR) is 102 cm³/mol. The molecular formula is C22H25NO4. The molecule has 2 aromatic rings. The summed E-state index contributed by atoms with van der Waals surface area (Å²) in [5.74, 6) is -0.581. The monoisotopic (exact) mass is 367 g/mol. The second kappa shape index (κ2) is 10.00. The van der Waals surface area contributed by atoms with Gasteiger partial charge in [-0.05, 0) is 30.0 Å². The smallest absolute Gasteiger partial charge is 0.303 e. The Bertz CT molecular complexity index is 732. The van der Waals surface area contributed by atoms with Gasteiger partial charge in [-0.1, -0.05) is 48.6 Å². The number of hydrogen-bond donors (Lipinski definition) is 1. The molecular weight excluding hydrogens is 342 g/mol. The molecule has 3 unspecified atom stereocenters. The van der Waals surface area contributed by atoms with Crippen molar-refractivity contribution in [1.82, 2.24) is 4.98 Å². The molecule has 27 heavy (non-hydrogen) atoms. The van der Waals surface area contributed by atoms with Crippen molar-refractivity contribution in [3.8, 4) is 0 Å². The predicted octanol–water partition coefficient (Wildman–Crippen LogP) is 4.17. The van der Waals surface area contributed by atoms with Crippen LogP contribution in [0.5, 0.6) is 0 Å². The molecule has 3 atom stereocenters. The van der Waals surface area contributed by atoms with E-state index in [2.05, 4.69) is 17.1 Å². The van der Waals surface area contributed by atoms with Gasteiger partial charge >= 0.3 is 5.97 Å². The van der Waals surface area contributed by atoms with Gasteiger partial charge in [0.2, 0.25) is 0 Å². The number of ether oxygens (including phenoxy) is 2. The van der Waals surface area contributed by atoms with E-state index in [1.165, 1.54) is 0 Å². The van der Waals surface area contributed by atoms with Gasteiger partial charge < -0.3 is 14.6 Å². The van der Waals surface area contributed by atoms with Crippen LogP contribution in [0.15, 0.2) is 67.0 Å². The first-order chi connectivity index (χ1) is 13.2. The third-order valence-corrected chi connectivity index (χ3v) is 4.61. The van der Waals surface area contributed by atoms with Gasteiger partial charge in [0.15, 0.2) is 6.29 Å². The maximum atomic E-state index is 10.6. The van der Waals surface area contributed by atoms with Crippen LogP contribution >= 0.6 is 0 Å². The van der Waals surface area contributed by atoms with Gasteiger partial charge in [0, 0.05) is 31.2 Å². The zero-order valence-corrected chi connectivity index (χ0v) is 15.2. The number of aromatic nitrogens is 1. The lowest BCUT2D eigenvalue weighted by atomic mass is 9.92. The Kier molecular flexibility index (Phi) is 7.13. The van der Waals surface area contributed by atoms with Crippen LogP contribution in [0.2, 0.25) is 0 Å². The SMILES string of the molecule is O=C(O)CC/C=C\CC1COC(Cc2cccnc2)OC1c1ccccc1. The standard InChI is InChI=1S/C22H25NO4/c24-20(25)12-6-2-5-11-19-16-26-21(14-17-8-7-13-23-15-17)27-22(19)18-9-3-1-4-10-18/h1-5,7-10,13,15,19,21-22H,6,11-12,14,16H2,(H,24,25)/b5-2-. The van der Waals surface area contributed by atoms with Gasteiger partial charge in [0.05, 0.1) is 12.7 Å². The molecule has 1 saturated heterocycles. The Morgan fingerprint density at radius 3 is 2.78 bits per heavy atom. The summed E-state index contributed by atoms with van der Waals surface area (Å²) in [7, 11) is 0. The molecule has 1 aromatic carbocycles. The lowest BCUT2D eigenvalue weighted by molar-refractivity contribution is -0.237. The van der Waals surface area contributed by atoms with Crippen molar-refractivity contribution < 1.29 is 19.4 Å². The van der Waals surface area contributed by atoms with E-state index >= 15 is 0 Å². The van der Waals surface area contributed by atoms with E-state index in [1.807, 2.05) is 48.7 Å². The zero-order chi connectivity index (χ0) is 18.9. The second-order valence-corrected chi connectivity index (χ2v) is 6.70. The van der Waals surface area contributed by atoms with Crippen LogP contribution in [0, 0.1) is 5.92 Å². The Hall–Kier alpha value is -2.50. The first-order valence-corrected chi connectivity index (χ1v) is 9.30. The van der Waals surface area contributed by atoms with Crippen LogP contribution in [0.3, 0.4) is 0 Å². The van der Waals surface area contributed by atoms with Gasteiger partial charge in [-0.2, -0.15) is 0 Å². The van der Waals surface area contributed by atoms with Crippen molar-refractivity contribution in [3.63, 3.8) is 0 Å². The Balaban J connectivity index is 1.64. The number of pyridine rings is 1. The molecule has 2 heterocycles. The molecule has 0 radical (unpaired) electrons. The molecule has 142 valence electrons. The minimum Gasteiger partial charge on any atom is -0.481 e. The van der Waals surface area contributed by atoms with Crippen LogP contribution in [0.1, 0.15) is 36.5 Å². The van der Waals surface area contributed by atoms with Crippen LogP contribution in [-0.2, 0) is 20.7 Å². The Morgan fingerprint density at radius 1 is 1.19 bits per heavy atom. The normalized spacial score (nSPS) is 22.7. The highest BCUT2D eigenvalue weighted by Crippen LogP contribution is 2.35. The molecule has 1 aliphatic rings. The largest absolute Gasteiger partial charge is 0.481 e. The first-order valence-electron chi connectivity index (χ1n) is 9.30. The highest BCUT2D eigenvalue weighted by molar-refractivity contribution is 5.66. The number of carboxylic acids is 1. The molecule has 1 fully saturated rings. The molecule has 0 spiro atoms. The van der Waals surface area contributed by atoms with Crippen LogP contribution < -0.4 is 0 Å². The number of benzene rings is 1. The molecule has 1 aromatic heterocycles. The number of rotatable bonds is 8. The van der Waals surface area contributed by atoms with E-state index in [0.717, 1.165) is 17.5 Å². The van der Waals surface area contributed by atoms with Crippen LogP contribution in [-0.4, -0.2) is 29.0 Å². The third-order valence-electron chi connectivity index (χ3n) is 4.61. The van der Waals surface area contributed by atoms with E-state index in [4.69, 9.17) is 14.6 Å². The molecule has 5 heteroatoms. The average Bonchev–Trinajstić information content (AvgIpc) is 2.70. The molecule has 1 N–H and O–H groups in total. The quantitative estimate of drug-likeness (QED) is 0.709. The summed E-state index contributed by atoms with van der Waals surface area (Å²) in [5.41, 5.74) is 2.22. The number of allylic oxidation sites excluding steroid dienone is 2. The summed E-state index contributed by atoms with van der Waals surface area (Å²) in [4.78, 5) is 14.8. The summed E-state index contributed by atoms with van der Waals surface area (Å²) in [6.45, 7) is 0.605. The van der Waals surface area contributed by atoms with E-state index in [-0.39, 0.29) is 24.7 Å². The van der Waals surface area contributed by atoms with Gasteiger partial charge in [-0.15, -0.1) is 0 Å². The minimum absolute atomic E-state index is 0.0502. The summed E-state index contributed by atoms with van der Waals surface area (Å²) in [6, 6.07) is 14.1. The van der Waals surface area contributed by atoms with Crippen LogP contribution in [0.4, 0.5) is 0 Å². The molecule has 0 bridgehead atoms. The number of nitrogens with zero attached hydrogens (tertiary/aromatic N) is 1. The highest BCUT2D eigenvalue weighted by atomic mass is 16.7. The number of hydrogen-bond acceptors (Lipinski definition) is 4. The van der Waals surface area contributed by atoms with E-state index in [1.54, 1.807) is 6.20 Å². The van der Waals surface area contributed by atoms with Crippen molar-refractivity contribution >= 4 is 5.97 Å². The van der Waals surface area contributed by atoms with Crippen molar-refractivity contribution in [1.29, 1.82) is 0 Å². The molecule has 5 nitrogen and oxygen atoms in total. The Morgan fingerprint density at radius 2 is 2.04 bits per heavy atom. The molecule has 1 aliphatic heterocycles. The summed E-state index contributed by atoms with van der Waals surface area (Å²) < 4.78 is 12.3. The molecule has 0 saturated carbocycles. The third kappa shape index (κ3) is 6.01. The fourth-order valence-corrected chi connectivity index (χ4v) is 3.23. The number of carbonyl (C=O) groups is 1. The van der Waals surface area contributed by atoms with Crippen molar-refractivity contribution in [2.24, 2.45) is 5.92 Å². The van der Waals surface area contributed by atoms with Crippen LogP contribution in [0.25, 0.3) is 0 Å². The highest BCUT2D eigenvalue weighted by Gasteiger charge is 2.32. The summed E-state index contributed by atoms with van der Waals surface area (Å²) >= 11 is 0. The van der Waals surface area contributed by atoms with E-state index in [9.17, 15) is 4.79 Å². The number of aliphatic carboxylic acids is 1. The second-order valence-electron chi connectivity index (χ2n) is 6.70. The van der Waals surface area contributed by atoms with Gasteiger partial charge in [-0.3, -0.25) is 9.78 Å². The van der Waals surface area contributed by atoms with Gasteiger partial charge in [0.1, 0.15) is 0 Å². The summed E-state index contributed by atoms with van der Waals surface area (Å²) in [5, 5.41) is 8.72. The zero-order valence-electron chi connectivity index (χ0n) is 15.2. The lowest BCUT2D eigenvalue weighted by Crippen LogP contribution is -2.36. The lowest BCUT2D eigenvalue weighted by Gasteiger charge is -2.36. The van der Waals surface area contributed by atoms with E-state index in [0.29, 0.717) is 19.4 Å². The maximum absolute atomic E-state index is 10.6.